The number of hydrazone groups is 1. The van der Waals surface area contributed by atoms with E-state index in [0.717, 1.165) is 10.0 Å². The lowest BCUT2D eigenvalue weighted by molar-refractivity contribution is -0.136. The smallest absolute Gasteiger partial charge is 0.329 e. The van der Waals surface area contributed by atoms with E-state index in [2.05, 4.69) is 38.4 Å². The molecule has 7 heteroatoms. The van der Waals surface area contributed by atoms with Gasteiger partial charge in [-0.1, -0.05) is 40.7 Å². The van der Waals surface area contributed by atoms with Crippen molar-refractivity contribution in [1.82, 2.24) is 5.43 Å². The minimum atomic E-state index is -0.863. The zero-order valence-corrected chi connectivity index (χ0v) is 14.8. The van der Waals surface area contributed by atoms with Crippen LogP contribution in [0, 0.1) is 0 Å². The molecule has 25 heavy (non-hydrogen) atoms. The van der Waals surface area contributed by atoms with Gasteiger partial charge in [-0.05, 0) is 42.0 Å². The maximum Gasteiger partial charge on any atom is 0.329 e. The highest BCUT2D eigenvalue weighted by atomic mass is 79.9. The summed E-state index contributed by atoms with van der Waals surface area (Å²) in [6.07, 6.45) is 3.07. The standard InChI is InChI=1S/C18H16BrN3O3/c1-2-10-25-16-5-3-4-13(11-16)12-20-22-18(24)17(23)21-15-8-6-14(19)7-9-15/h2-9,11-12H,1,10H2,(H,21,23)(H,22,24). The average molecular weight is 402 g/mol. The molecule has 0 bridgehead atoms. The number of anilines is 1. The summed E-state index contributed by atoms with van der Waals surface area (Å²) in [6.45, 7) is 3.98. The molecule has 2 rings (SSSR count). The van der Waals surface area contributed by atoms with Gasteiger partial charge in [0.15, 0.2) is 0 Å². The molecule has 0 spiro atoms. The highest BCUT2D eigenvalue weighted by Gasteiger charge is 2.12. The highest BCUT2D eigenvalue weighted by molar-refractivity contribution is 9.10. The molecular formula is C18H16BrN3O3. The number of carbonyl (C=O) groups is 2. The van der Waals surface area contributed by atoms with Crippen molar-refractivity contribution in [3.8, 4) is 5.75 Å². The van der Waals surface area contributed by atoms with Crippen molar-refractivity contribution in [3.63, 3.8) is 0 Å². The lowest BCUT2D eigenvalue weighted by atomic mass is 10.2. The first kappa shape index (κ1) is 18.4. The number of hydrogen-bond acceptors (Lipinski definition) is 4. The molecule has 0 atom stereocenters. The summed E-state index contributed by atoms with van der Waals surface area (Å²) in [6, 6.07) is 14.0. The Morgan fingerprint density at radius 2 is 1.92 bits per heavy atom. The van der Waals surface area contributed by atoms with E-state index in [0.29, 0.717) is 18.0 Å². The quantitative estimate of drug-likeness (QED) is 0.337. The minimum absolute atomic E-state index is 0.396. The van der Waals surface area contributed by atoms with Crippen LogP contribution in [0.4, 0.5) is 5.69 Å². The van der Waals surface area contributed by atoms with Crippen LogP contribution >= 0.6 is 15.9 Å². The molecule has 0 aliphatic carbocycles. The molecule has 2 amide bonds. The van der Waals surface area contributed by atoms with Crippen molar-refractivity contribution in [2.24, 2.45) is 5.10 Å². The van der Waals surface area contributed by atoms with Gasteiger partial charge in [-0.15, -0.1) is 0 Å². The first-order valence-electron chi connectivity index (χ1n) is 7.32. The highest BCUT2D eigenvalue weighted by Crippen LogP contribution is 2.14. The lowest BCUT2D eigenvalue weighted by Crippen LogP contribution is -2.32. The second-order valence-electron chi connectivity index (χ2n) is 4.83. The van der Waals surface area contributed by atoms with Crippen molar-refractivity contribution in [3.05, 3.63) is 71.2 Å². The molecule has 128 valence electrons. The second kappa shape index (κ2) is 9.39. The minimum Gasteiger partial charge on any atom is -0.490 e. The third-order valence-corrected chi connectivity index (χ3v) is 3.44. The molecular weight excluding hydrogens is 386 g/mol. The fourth-order valence-electron chi connectivity index (χ4n) is 1.78. The van der Waals surface area contributed by atoms with E-state index in [4.69, 9.17) is 4.74 Å². The molecule has 0 saturated heterocycles. The van der Waals surface area contributed by atoms with E-state index < -0.39 is 11.8 Å². The Labute approximate surface area is 153 Å². The van der Waals surface area contributed by atoms with E-state index in [-0.39, 0.29) is 0 Å². The van der Waals surface area contributed by atoms with Crippen LogP contribution in [0.25, 0.3) is 0 Å². The number of carbonyl (C=O) groups excluding carboxylic acids is 2. The zero-order valence-electron chi connectivity index (χ0n) is 13.2. The first-order valence-corrected chi connectivity index (χ1v) is 8.11. The molecule has 0 fully saturated rings. The molecule has 0 radical (unpaired) electrons. The number of halogens is 1. The number of amides is 2. The number of nitrogens with one attached hydrogen (secondary N) is 2. The van der Waals surface area contributed by atoms with E-state index in [1.165, 1.54) is 6.21 Å². The summed E-state index contributed by atoms with van der Waals surface area (Å²) < 4.78 is 6.28. The zero-order chi connectivity index (χ0) is 18.1. The van der Waals surface area contributed by atoms with Crippen molar-refractivity contribution in [1.29, 1.82) is 0 Å². The number of benzene rings is 2. The van der Waals surface area contributed by atoms with Crippen LogP contribution in [-0.4, -0.2) is 24.6 Å². The Morgan fingerprint density at radius 1 is 1.16 bits per heavy atom. The molecule has 0 aliphatic heterocycles. The molecule has 2 aromatic carbocycles. The van der Waals surface area contributed by atoms with Crippen molar-refractivity contribution >= 4 is 39.6 Å². The van der Waals surface area contributed by atoms with Crippen molar-refractivity contribution in [2.75, 3.05) is 11.9 Å². The largest absolute Gasteiger partial charge is 0.490 e. The maximum atomic E-state index is 11.8. The number of rotatable bonds is 6. The molecule has 0 saturated carbocycles. The molecule has 0 unspecified atom stereocenters. The summed E-state index contributed by atoms with van der Waals surface area (Å²) in [7, 11) is 0. The molecule has 0 aromatic heterocycles. The lowest BCUT2D eigenvalue weighted by Gasteiger charge is -2.04. The van der Waals surface area contributed by atoms with E-state index >= 15 is 0 Å². The average Bonchev–Trinajstić information content (AvgIpc) is 2.62. The van der Waals surface area contributed by atoms with Gasteiger partial charge in [0, 0.05) is 10.2 Å². The summed E-state index contributed by atoms with van der Waals surface area (Å²) in [4.78, 5) is 23.5. The Bertz CT molecular complexity index is 788. The van der Waals surface area contributed by atoms with Crippen LogP contribution in [0.3, 0.4) is 0 Å². The Balaban J connectivity index is 1.88. The summed E-state index contributed by atoms with van der Waals surface area (Å²) >= 11 is 3.29. The van der Waals surface area contributed by atoms with E-state index in [1.54, 1.807) is 54.6 Å². The van der Waals surface area contributed by atoms with Gasteiger partial charge >= 0.3 is 11.8 Å². The van der Waals surface area contributed by atoms with Crippen LogP contribution in [0.1, 0.15) is 5.56 Å². The third kappa shape index (κ3) is 6.23. The van der Waals surface area contributed by atoms with Crippen LogP contribution < -0.4 is 15.5 Å². The fraction of sp³-hybridized carbons (Fsp3) is 0.0556. The topological polar surface area (TPSA) is 79.8 Å². The van der Waals surface area contributed by atoms with Gasteiger partial charge in [-0.3, -0.25) is 9.59 Å². The Morgan fingerprint density at radius 3 is 2.64 bits per heavy atom. The Hall–Kier alpha value is -2.93. The molecule has 6 nitrogen and oxygen atoms in total. The van der Waals surface area contributed by atoms with E-state index in [9.17, 15) is 9.59 Å². The van der Waals surface area contributed by atoms with Gasteiger partial charge in [0.1, 0.15) is 12.4 Å². The third-order valence-electron chi connectivity index (χ3n) is 2.91. The molecule has 2 aromatic rings. The van der Waals surface area contributed by atoms with Crippen LogP contribution in [0.15, 0.2) is 70.8 Å². The number of ether oxygens (including phenoxy) is 1. The van der Waals surface area contributed by atoms with Gasteiger partial charge < -0.3 is 10.1 Å². The maximum absolute atomic E-state index is 11.8. The molecule has 2 N–H and O–H groups in total. The summed E-state index contributed by atoms with van der Waals surface area (Å²) in [5.74, 6) is -1.01. The van der Waals surface area contributed by atoms with Gasteiger partial charge in [-0.25, -0.2) is 5.43 Å². The second-order valence-corrected chi connectivity index (χ2v) is 5.75. The van der Waals surface area contributed by atoms with Gasteiger partial charge in [-0.2, -0.15) is 5.10 Å². The number of nitrogens with zero attached hydrogens (tertiary/aromatic N) is 1. The van der Waals surface area contributed by atoms with Gasteiger partial charge in [0.2, 0.25) is 0 Å². The summed E-state index contributed by atoms with van der Waals surface area (Å²) in [5, 5.41) is 6.25. The van der Waals surface area contributed by atoms with Crippen LogP contribution in [0.5, 0.6) is 5.75 Å². The Kier molecular flexibility index (Phi) is 6.91. The fourth-order valence-corrected chi connectivity index (χ4v) is 2.04. The van der Waals surface area contributed by atoms with Gasteiger partial charge in [0.05, 0.1) is 6.21 Å². The normalized spacial score (nSPS) is 10.3. The summed E-state index contributed by atoms with van der Waals surface area (Å²) in [5.41, 5.74) is 3.41. The predicted molar refractivity (Wildman–Crippen MR) is 101 cm³/mol. The monoisotopic (exact) mass is 401 g/mol. The van der Waals surface area contributed by atoms with E-state index in [1.807, 2.05) is 0 Å². The first-order chi connectivity index (χ1) is 12.1. The van der Waals surface area contributed by atoms with Crippen LogP contribution in [0.2, 0.25) is 0 Å². The SMILES string of the molecule is C=CCOc1cccc(C=NNC(=O)C(=O)Nc2ccc(Br)cc2)c1. The molecule has 0 aliphatic rings. The van der Waals surface area contributed by atoms with Crippen molar-refractivity contribution in [2.45, 2.75) is 0 Å². The molecule has 0 heterocycles. The van der Waals surface area contributed by atoms with Crippen molar-refractivity contribution < 1.29 is 14.3 Å². The predicted octanol–water partition coefficient (Wildman–Crippen LogP) is 3.10. The van der Waals surface area contributed by atoms with Gasteiger partial charge in [0.25, 0.3) is 0 Å². The number of hydrogen-bond donors (Lipinski definition) is 2. The van der Waals surface area contributed by atoms with Crippen LogP contribution in [-0.2, 0) is 9.59 Å².